The molecule has 0 spiro atoms. The van der Waals surface area contributed by atoms with Gasteiger partial charge in [0.1, 0.15) is 0 Å². The maximum Gasteiger partial charge on any atom is 0.0991 e. The second-order valence-corrected chi connectivity index (χ2v) is 13.3. The first-order chi connectivity index (χ1) is 26.8. The number of para-hydroxylation sites is 2. The number of rotatable bonds is 8. The van der Waals surface area contributed by atoms with Gasteiger partial charge >= 0.3 is 0 Å². The fourth-order valence-electron chi connectivity index (χ4n) is 7.55. The van der Waals surface area contributed by atoms with Crippen molar-refractivity contribution in [3.8, 4) is 34.1 Å². The predicted octanol–water partition coefficient (Wildman–Crippen LogP) is 13.6. The molecule has 0 amide bonds. The van der Waals surface area contributed by atoms with E-state index in [0.29, 0.717) is 5.56 Å². The molecule has 3 heteroatoms. The van der Waals surface area contributed by atoms with Crippen LogP contribution in [0, 0.1) is 11.3 Å². The van der Waals surface area contributed by atoms with E-state index in [-0.39, 0.29) is 0 Å². The molecule has 1 aromatic heterocycles. The molecule has 0 fully saturated rings. The van der Waals surface area contributed by atoms with E-state index in [0.717, 1.165) is 50.2 Å². The van der Waals surface area contributed by atoms with Crippen molar-refractivity contribution in [1.29, 1.82) is 5.26 Å². The summed E-state index contributed by atoms with van der Waals surface area (Å²) in [5.41, 5.74) is 13.1. The Labute approximate surface area is 315 Å². The molecule has 0 saturated carbocycles. The standard InChI is InChI=1S/C51H35N3/c52-36-38-26-31-44(32-27-38)53(42-19-9-3-10-20-42)48-34-30-39(45-23-13-14-24-46(45)48)29-25-37-28-33-49-47(35-37)50(40-15-5-1-6-16-40)51(41-17-7-2-8-18-41)54(49)43-21-11-4-12-22-43/h1-35H/b29-25+. The number of anilines is 3. The Kier molecular flexibility index (Phi) is 8.61. The molecule has 0 N–H and O–H groups in total. The molecular formula is C51H35N3. The van der Waals surface area contributed by atoms with Crippen LogP contribution in [0.4, 0.5) is 17.1 Å². The fourth-order valence-corrected chi connectivity index (χ4v) is 7.55. The summed E-state index contributed by atoms with van der Waals surface area (Å²) in [4.78, 5) is 2.26. The Hall–Kier alpha value is -7.41. The molecule has 0 saturated heterocycles. The van der Waals surface area contributed by atoms with Gasteiger partial charge in [-0.2, -0.15) is 5.26 Å². The van der Waals surface area contributed by atoms with Crippen molar-refractivity contribution in [2.24, 2.45) is 0 Å². The third-order valence-corrected chi connectivity index (χ3v) is 10.0. The van der Waals surface area contributed by atoms with Gasteiger partial charge in [0.25, 0.3) is 0 Å². The Bertz CT molecular complexity index is 2790. The lowest BCUT2D eigenvalue weighted by Gasteiger charge is -2.27. The summed E-state index contributed by atoms with van der Waals surface area (Å²) in [6.45, 7) is 0. The number of aromatic nitrogens is 1. The zero-order valence-electron chi connectivity index (χ0n) is 29.5. The van der Waals surface area contributed by atoms with Gasteiger partial charge < -0.3 is 9.47 Å². The van der Waals surface area contributed by atoms with E-state index in [1.165, 1.54) is 27.8 Å². The first-order valence-electron chi connectivity index (χ1n) is 18.2. The van der Waals surface area contributed by atoms with Crippen LogP contribution < -0.4 is 4.90 Å². The number of hydrogen-bond acceptors (Lipinski definition) is 2. The van der Waals surface area contributed by atoms with Crippen LogP contribution in [0.3, 0.4) is 0 Å². The van der Waals surface area contributed by atoms with E-state index >= 15 is 0 Å². The summed E-state index contributed by atoms with van der Waals surface area (Å²) in [5, 5.41) is 13.0. The molecule has 8 aromatic carbocycles. The summed E-state index contributed by atoms with van der Waals surface area (Å²) in [6.07, 6.45) is 4.46. The topological polar surface area (TPSA) is 32.0 Å². The van der Waals surface area contributed by atoms with Gasteiger partial charge in [-0.1, -0.05) is 146 Å². The van der Waals surface area contributed by atoms with Crippen LogP contribution >= 0.6 is 0 Å². The smallest absolute Gasteiger partial charge is 0.0991 e. The Morgan fingerprint density at radius 1 is 0.481 bits per heavy atom. The van der Waals surface area contributed by atoms with Crippen LogP contribution in [-0.2, 0) is 0 Å². The maximum absolute atomic E-state index is 9.46. The number of nitrogens with zero attached hydrogens (tertiary/aromatic N) is 3. The zero-order valence-corrected chi connectivity index (χ0v) is 29.5. The molecule has 0 aliphatic heterocycles. The lowest BCUT2D eigenvalue weighted by molar-refractivity contribution is 1.13. The van der Waals surface area contributed by atoms with Crippen LogP contribution in [0.2, 0.25) is 0 Å². The third-order valence-electron chi connectivity index (χ3n) is 10.0. The Morgan fingerprint density at radius 3 is 1.76 bits per heavy atom. The maximum atomic E-state index is 9.46. The van der Waals surface area contributed by atoms with Gasteiger partial charge in [0.15, 0.2) is 0 Å². The van der Waals surface area contributed by atoms with E-state index in [9.17, 15) is 5.26 Å². The van der Waals surface area contributed by atoms with E-state index in [1.807, 2.05) is 30.3 Å². The lowest BCUT2D eigenvalue weighted by atomic mass is 9.97. The van der Waals surface area contributed by atoms with Crippen LogP contribution in [0.5, 0.6) is 0 Å². The second-order valence-electron chi connectivity index (χ2n) is 13.3. The van der Waals surface area contributed by atoms with Crippen LogP contribution in [0.1, 0.15) is 16.7 Å². The number of nitriles is 1. The largest absolute Gasteiger partial charge is 0.310 e. The molecule has 9 rings (SSSR count). The molecule has 54 heavy (non-hydrogen) atoms. The minimum Gasteiger partial charge on any atom is -0.310 e. The SMILES string of the molecule is N#Cc1ccc(N(c2ccccc2)c2ccc(/C=C/c3ccc4c(c3)c(-c3ccccc3)c(-c3ccccc3)n4-c3ccccc3)c3ccccc23)cc1. The average Bonchev–Trinajstić information content (AvgIpc) is 3.59. The van der Waals surface area contributed by atoms with E-state index < -0.39 is 0 Å². The molecule has 3 nitrogen and oxygen atoms in total. The van der Waals surface area contributed by atoms with E-state index in [4.69, 9.17) is 0 Å². The average molecular weight is 690 g/mol. The minimum absolute atomic E-state index is 0.638. The normalized spacial score (nSPS) is 11.2. The van der Waals surface area contributed by atoms with Gasteiger partial charge in [-0.15, -0.1) is 0 Å². The van der Waals surface area contributed by atoms with Crippen LogP contribution in [-0.4, -0.2) is 4.57 Å². The monoisotopic (exact) mass is 689 g/mol. The molecule has 0 atom stereocenters. The molecule has 0 bridgehead atoms. The van der Waals surface area contributed by atoms with Crippen molar-refractivity contribution in [1.82, 2.24) is 4.57 Å². The lowest BCUT2D eigenvalue weighted by Crippen LogP contribution is -2.10. The molecule has 0 radical (unpaired) electrons. The van der Waals surface area contributed by atoms with Gasteiger partial charge in [0, 0.05) is 33.4 Å². The fraction of sp³-hybridized carbons (Fsp3) is 0. The highest BCUT2D eigenvalue weighted by atomic mass is 15.1. The Morgan fingerprint density at radius 2 is 1.07 bits per heavy atom. The highest BCUT2D eigenvalue weighted by Gasteiger charge is 2.21. The Balaban J connectivity index is 1.19. The second kappa shape index (κ2) is 14.3. The first-order valence-corrected chi connectivity index (χ1v) is 18.2. The van der Waals surface area contributed by atoms with Crippen molar-refractivity contribution in [3.05, 3.63) is 217 Å². The van der Waals surface area contributed by atoms with Gasteiger partial charge in [-0.05, 0) is 94.4 Å². The zero-order chi connectivity index (χ0) is 36.3. The minimum atomic E-state index is 0.638. The van der Waals surface area contributed by atoms with E-state index in [2.05, 4.69) is 198 Å². The summed E-state index contributed by atoms with van der Waals surface area (Å²) in [5.74, 6) is 0. The van der Waals surface area contributed by atoms with Crippen molar-refractivity contribution in [3.63, 3.8) is 0 Å². The highest BCUT2D eigenvalue weighted by molar-refractivity contribution is 6.07. The summed E-state index contributed by atoms with van der Waals surface area (Å²) < 4.78 is 2.40. The van der Waals surface area contributed by atoms with Gasteiger partial charge in [-0.3, -0.25) is 0 Å². The van der Waals surface area contributed by atoms with Crippen LogP contribution in [0.25, 0.3) is 61.9 Å². The third kappa shape index (κ3) is 6.02. The van der Waals surface area contributed by atoms with Crippen molar-refractivity contribution in [2.75, 3.05) is 4.90 Å². The molecule has 1 heterocycles. The van der Waals surface area contributed by atoms with Gasteiger partial charge in [-0.25, -0.2) is 0 Å². The summed E-state index contributed by atoms with van der Waals surface area (Å²) in [6, 6.07) is 72.4. The van der Waals surface area contributed by atoms with Crippen molar-refractivity contribution in [2.45, 2.75) is 0 Å². The number of fused-ring (bicyclic) bond motifs is 2. The van der Waals surface area contributed by atoms with Crippen LogP contribution in [0.15, 0.2) is 200 Å². The molecule has 0 aliphatic rings. The summed E-state index contributed by atoms with van der Waals surface area (Å²) in [7, 11) is 0. The molecular weight excluding hydrogens is 655 g/mol. The van der Waals surface area contributed by atoms with Gasteiger partial charge in [0.2, 0.25) is 0 Å². The van der Waals surface area contributed by atoms with E-state index in [1.54, 1.807) is 0 Å². The first kappa shape index (κ1) is 32.5. The van der Waals surface area contributed by atoms with Crippen molar-refractivity contribution < 1.29 is 0 Å². The quantitative estimate of drug-likeness (QED) is 0.149. The van der Waals surface area contributed by atoms with Gasteiger partial charge in [0.05, 0.1) is 28.5 Å². The molecule has 0 unspecified atom stereocenters. The van der Waals surface area contributed by atoms with Crippen molar-refractivity contribution >= 4 is 50.9 Å². The highest BCUT2D eigenvalue weighted by Crippen LogP contribution is 2.44. The molecule has 0 aliphatic carbocycles. The molecule has 9 aromatic rings. The number of hydrogen-bond donors (Lipinski definition) is 0. The predicted molar refractivity (Wildman–Crippen MR) is 226 cm³/mol. The molecule has 254 valence electrons. The summed E-state index contributed by atoms with van der Waals surface area (Å²) >= 11 is 0. The number of benzene rings is 8.